The first-order chi connectivity index (χ1) is 9.04. The number of ketones is 1. The van der Waals surface area contributed by atoms with E-state index in [-0.39, 0.29) is 5.78 Å². The summed E-state index contributed by atoms with van der Waals surface area (Å²) in [5.41, 5.74) is 2.94. The number of allylic oxidation sites excluding steroid dienone is 3. The summed E-state index contributed by atoms with van der Waals surface area (Å²) < 4.78 is 0. The van der Waals surface area contributed by atoms with Crippen LogP contribution in [-0.4, -0.2) is 37.5 Å². The van der Waals surface area contributed by atoms with Crippen LogP contribution in [0.25, 0.3) is 0 Å². The third kappa shape index (κ3) is 2.72. The van der Waals surface area contributed by atoms with Crippen molar-refractivity contribution in [1.29, 1.82) is 5.41 Å². The molecule has 0 amide bonds. The maximum atomic E-state index is 12.6. The highest BCUT2D eigenvalue weighted by Crippen LogP contribution is 2.36. The van der Waals surface area contributed by atoms with Gasteiger partial charge >= 0.3 is 0 Å². The lowest BCUT2D eigenvalue weighted by atomic mass is 9.77. The number of hydrogen-bond donors (Lipinski definition) is 2. The Balaban J connectivity index is 2.37. The highest BCUT2D eigenvalue weighted by atomic mass is 16.1. The molecular weight excluding hydrogens is 238 g/mol. The number of rotatable bonds is 3. The first kappa shape index (κ1) is 13.8. The van der Waals surface area contributed by atoms with Gasteiger partial charge in [-0.25, -0.2) is 0 Å². The van der Waals surface area contributed by atoms with Gasteiger partial charge in [0, 0.05) is 44.3 Å². The van der Waals surface area contributed by atoms with Crippen molar-refractivity contribution >= 4 is 11.5 Å². The van der Waals surface area contributed by atoms with Crippen LogP contribution >= 0.6 is 0 Å². The normalized spacial score (nSPS) is 25.3. The van der Waals surface area contributed by atoms with Gasteiger partial charge in [-0.3, -0.25) is 4.79 Å². The molecule has 0 radical (unpaired) electrons. The molecule has 2 N–H and O–H groups in total. The number of carbonyl (C=O) groups is 1. The van der Waals surface area contributed by atoms with Crippen molar-refractivity contribution in [2.24, 2.45) is 5.92 Å². The number of Topliss-reactive ketones (excluding diaryl/α,β-unsaturated/α-hetero) is 1. The van der Waals surface area contributed by atoms with E-state index in [2.05, 4.69) is 5.32 Å². The first-order valence-electron chi connectivity index (χ1n) is 6.96. The van der Waals surface area contributed by atoms with Gasteiger partial charge in [-0.15, -0.1) is 0 Å². The Bertz CT molecular complexity index is 456. The van der Waals surface area contributed by atoms with Crippen molar-refractivity contribution < 1.29 is 4.79 Å². The zero-order valence-electron chi connectivity index (χ0n) is 12.0. The fourth-order valence-electron chi connectivity index (χ4n) is 2.75. The van der Waals surface area contributed by atoms with Crippen LogP contribution in [0, 0.1) is 11.3 Å². The molecule has 0 heterocycles. The topological polar surface area (TPSA) is 56.2 Å². The minimum absolute atomic E-state index is 0.0428. The maximum absolute atomic E-state index is 12.6. The molecule has 0 aromatic carbocycles. The summed E-state index contributed by atoms with van der Waals surface area (Å²) in [5, 5.41) is 11.3. The minimum Gasteiger partial charge on any atom is -0.391 e. The number of hydrogen-bond acceptors (Lipinski definition) is 4. The first-order valence-corrected chi connectivity index (χ1v) is 6.96. The summed E-state index contributed by atoms with van der Waals surface area (Å²) in [5.74, 6) is 0.490. The SMILES string of the molecule is CN/C(=C1\C(=N)CC/C(=C\N(C)C)C1=O)C1CCC1. The molecule has 2 aliphatic rings. The monoisotopic (exact) mass is 261 g/mol. The molecule has 4 heteroatoms. The predicted octanol–water partition coefficient (Wildman–Crippen LogP) is 2.09. The molecule has 2 aliphatic carbocycles. The van der Waals surface area contributed by atoms with Crippen LogP contribution in [0.4, 0.5) is 0 Å². The molecule has 0 saturated heterocycles. The molecule has 4 nitrogen and oxygen atoms in total. The molecular formula is C15H23N3O. The van der Waals surface area contributed by atoms with E-state index in [1.165, 1.54) is 6.42 Å². The summed E-state index contributed by atoms with van der Waals surface area (Å²) >= 11 is 0. The minimum atomic E-state index is 0.0428. The number of nitrogens with one attached hydrogen (secondary N) is 2. The maximum Gasteiger partial charge on any atom is 0.194 e. The van der Waals surface area contributed by atoms with E-state index in [1.54, 1.807) is 0 Å². The van der Waals surface area contributed by atoms with Gasteiger partial charge in [-0.05, 0) is 31.6 Å². The average molecular weight is 261 g/mol. The molecule has 2 rings (SSSR count). The standard InChI is InChI=1S/C15H23N3O/c1-17-14(10-5-4-6-10)13-12(16)8-7-11(15(13)19)9-18(2)3/h9-10,16-17H,4-8H2,1-3H3/b11-9+,14-13+,16-12?. The number of nitrogens with zero attached hydrogens (tertiary/aromatic N) is 1. The fraction of sp³-hybridized carbons (Fsp3) is 0.600. The Morgan fingerprint density at radius 3 is 2.53 bits per heavy atom. The zero-order chi connectivity index (χ0) is 14.0. The second kappa shape index (κ2) is 5.59. The van der Waals surface area contributed by atoms with Gasteiger partial charge in [0.2, 0.25) is 0 Å². The quantitative estimate of drug-likeness (QED) is 0.765. The molecule has 0 aromatic heterocycles. The molecule has 0 unspecified atom stereocenters. The average Bonchev–Trinajstić information content (AvgIpc) is 2.28. The Morgan fingerprint density at radius 1 is 1.37 bits per heavy atom. The van der Waals surface area contributed by atoms with Gasteiger partial charge in [-0.1, -0.05) is 6.42 Å². The van der Waals surface area contributed by atoms with Gasteiger partial charge in [0.1, 0.15) is 0 Å². The Kier molecular flexibility index (Phi) is 4.08. The van der Waals surface area contributed by atoms with Crippen molar-refractivity contribution in [3.63, 3.8) is 0 Å². The molecule has 0 atom stereocenters. The predicted molar refractivity (Wildman–Crippen MR) is 77.2 cm³/mol. The second-order valence-electron chi connectivity index (χ2n) is 5.59. The van der Waals surface area contributed by atoms with Crippen molar-refractivity contribution in [1.82, 2.24) is 10.2 Å². The van der Waals surface area contributed by atoms with E-state index in [0.717, 1.165) is 24.1 Å². The lowest BCUT2D eigenvalue weighted by Crippen LogP contribution is -2.32. The van der Waals surface area contributed by atoms with Crippen LogP contribution < -0.4 is 5.32 Å². The molecule has 104 valence electrons. The fourth-order valence-corrected chi connectivity index (χ4v) is 2.75. The molecule has 0 aromatic rings. The lowest BCUT2D eigenvalue weighted by molar-refractivity contribution is -0.112. The van der Waals surface area contributed by atoms with E-state index in [1.807, 2.05) is 32.2 Å². The largest absolute Gasteiger partial charge is 0.391 e. The number of carbonyl (C=O) groups excluding carboxylic acids is 1. The second-order valence-corrected chi connectivity index (χ2v) is 5.59. The van der Waals surface area contributed by atoms with Crippen LogP contribution in [0.2, 0.25) is 0 Å². The summed E-state index contributed by atoms with van der Waals surface area (Å²) in [6.07, 6.45) is 6.73. The Hall–Kier alpha value is -1.58. The molecule has 19 heavy (non-hydrogen) atoms. The summed E-state index contributed by atoms with van der Waals surface area (Å²) in [7, 11) is 5.72. The van der Waals surface area contributed by atoms with Crippen molar-refractivity contribution in [3.8, 4) is 0 Å². The Morgan fingerprint density at radius 2 is 2.05 bits per heavy atom. The van der Waals surface area contributed by atoms with Gasteiger partial charge in [0.15, 0.2) is 5.78 Å². The van der Waals surface area contributed by atoms with E-state index in [4.69, 9.17) is 5.41 Å². The van der Waals surface area contributed by atoms with E-state index in [9.17, 15) is 4.79 Å². The molecule has 0 bridgehead atoms. The van der Waals surface area contributed by atoms with Crippen molar-refractivity contribution in [3.05, 3.63) is 23.0 Å². The van der Waals surface area contributed by atoms with E-state index >= 15 is 0 Å². The van der Waals surface area contributed by atoms with E-state index in [0.29, 0.717) is 30.0 Å². The smallest absolute Gasteiger partial charge is 0.194 e. The third-order valence-corrected chi connectivity index (χ3v) is 3.93. The highest BCUT2D eigenvalue weighted by Gasteiger charge is 2.32. The lowest BCUT2D eigenvalue weighted by Gasteiger charge is -2.31. The van der Waals surface area contributed by atoms with E-state index < -0.39 is 0 Å². The van der Waals surface area contributed by atoms with Gasteiger partial charge in [0.25, 0.3) is 0 Å². The summed E-state index contributed by atoms with van der Waals surface area (Å²) in [6.45, 7) is 0. The van der Waals surface area contributed by atoms with Crippen LogP contribution in [0.3, 0.4) is 0 Å². The third-order valence-electron chi connectivity index (χ3n) is 3.93. The van der Waals surface area contributed by atoms with Gasteiger partial charge in [0.05, 0.1) is 5.57 Å². The van der Waals surface area contributed by atoms with Crippen LogP contribution in [0.1, 0.15) is 32.1 Å². The Labute approximate surface area is 115 Å². The molecule has 0 aliphatic heterocycles. The zero-order valence-corrected chi connectivity index (χ0v) is 12.0. The molecule has 0 spiro atoms. The molecule has 2 saturated carbocycles. The van der Waals surface area contributed by atoms with Crippen LogP contribution in [-0.2, 0) is 4.79 Å². The van der Waals surface area contributed by atoms with Gasteiger partial charge in [-0.2, -0.15) is 0 Å². The van der Waals surface area contributed by atoms with Crippen LogP contribution in [0.15, 0.2) is 23.0 Å². The van der Waals surface area contributed by atoms with Crippen LogP contribution in [0.5, 0.6) is 0 Å². The highest BCUT2D eigenvalue weighted by molar-refractivity contribution is 6.29. The van der Waals surface area contributed by atoms with Crippen molar-refractivity contribution in [2.45, 2.75) is 32.1 Å². The molecule has 2 fully saturated rings. The van der Waals surface area contributed by atoms with Gasteiger partial charge < -0.3 is 15.6 Å². The summed E-state index contributed by atoms with van der Waals surface area (Å²) in [6, 6.07) is 0. The van der Waals surface area contributed by atoms with Crippen molar-refractivity contribution in [2.75, 3.05) is 21.1 Å². The summed E-state index contributed by atoms with van der Waals surface area (Å²) in [4.78, 5) is 14.5.